The van der Waals surface area contributed by atoms with Crippen LogP contribution in [-0.2, 0) is 24.2 Å². The molecule has 1 aliphatic carbocycles. The molecular formula is C21H20ClN5O2S. The molecule has 7 nitrogen and oxygen atoms in total. The molecule has 1 aliphatic rings. The topological polar surface area (TPSA) is 81.3 Å². The maximum absolute atomic E-state index is 12.8. The summed E-state index contributed by atoms with van der Waals surface area (Å²) in [5.41, 5.74) is 2.85. The Bertz CT molecular complexity index is 1370. The lowest BCUT2D eigenvalue weighted by atomic mass is 9.89. The fraction of sp³-hybridized carbons (Fsp3) is 0.333. The van der Waals surface area contributed by atoms with Crippen LogP contribution in [-0.4, -0.2) is 25.1 Å². The largest absolute Gasteiger partial charge is 0.352 e. The molecule has 0 saturated heterocycles. The third kappa shape index (κ3) is 3.11. The number of fused-ring (bicyclic) bond motifs is 5. The number of hydrogen-bond donors (Lipinski definition) is 1. The number of aryl methyl sites for hydroxylation is 1. The van der Waals surface area contributed by atoms with Crippen LogP contribution in [0.25, 0.3) is 15.9 Å². The molecule has 30 heavy (non-hydrogen) atoms. The van der Waals surface area contributed by atoms with Gasteiger partial charge >= 0.3 is 5.69 Å². The summed E-state index contributed by atoms with van der Waals surface area (Å²) >= 11 is 7.80. The molecular weight excluding hydrogens is 422 g/mol. The van der Waals surface area contributed by atoms with Crippen molar-refractivity contribution in [1.82, 2.24) is 19.2 Å². The zero-order chi connectivity index (χ0) is 21.0. The number of halogens is 1. The van der Waals surface area contributed by atoms with E-state index in [2.05, 4.69) is 22.3 Å². The van der Waals surface area contributed by atoms with Gasteiger partial charge in [-0.3, -0.25) is 4.79 Å². The van der Waals surface area contributed by atoms with E-state index in [1.165, 1.54) is 25.9 Å². The maximum Gasteiger partial charge on any atom is 0.352 e. The number of anilines is 1. The van der Waals surface area contributed by atoms with Gasteiger partial charge in [-0.2, -0.15) is 0 Å². The molecule has 0 radical (unpaired) electrons. The second-order valence-corrected chi connectivity index (χ2v) is 9.36. The summed E-state index contributed by atoms with van der Waals surface area (Å²) in [5, 5.41) is 8.84. The molecule has 1 atom stereocenters. The molecule has 3 heterocycles. The van der Waals surface area contributed by atoms with Crippen LogP contribution in [0.1, 0.15) is 29.3 Å². The third-order valence-corrected chi connectivity index (χ3v) is 7.28. The number of rotatable bonds is 3. The number of thiophene rings is 1. The van der Waals surface area contributed by atoms with Gasteiger partial charge in [0.05, 0.1) is 5.39 Å². The van der Waals surface area contributed by atoms with Crippen molar-refractivity contribution >= 4 is 50.4 Å². The molecule has 1 aromatic carbocycles. The number of hydrogen-bond acceptors (Lipinski definition) is 5. The van der Waals surface area contributed by atoms with Gasteiger partial charge < -0.3 is 5.32 Å². The van der Waals surface area contributed by atoms with E-state index in [4.69, 9.17) is 11.6 Å². The van der Waals surface area contributed by atoms with Gasteiger partial charge in [0, 0.05) is 15.6 Å². The van der Waals surface area contributed by atoms with Gasteiger partial charge in [-0.25, -0.2) is 18.9 Å². The van der Waals surface area contributed by atoms with Crippen LogP contribution in [0.2, 0.25) is 5.02 Å². The molecule has 5 rings (SSSR count). The monoisotopic (exact) mass is 441 g/mol. The van der Waals surface area contributed by atoms with Gasteiger partial charge in [0.15, 0.2) is 5.65 Å². The van der Waals surface area contributed by atoms with Crippen LogP contribution in [0.3, 0.4) is 0 Å². The summed E-state index contributed by atoms with van der Waals surface area (Å²) < 4.78 is 2.63. The zero-order valence-electron chi connectivity index (χ0n) is 16.6. The lowest BCUT2D eigenvalue weighted by molar-refractivity contribution is -0.117. The van der Waals surface area contributed by atoms with Gasteiger partial charge in [-0.1, -0.05) is 24.6 Å². The molecule has 0 saturated carbocycles. The summed E-state index contributed by atoms with van der Waals surface area (Å²) in [7, 11) is 0. The van der Waals surface area contributed by atoms with Crippen LogP contribution in [0.4, 0.5) is 5.69 Å². The molecule has 0 bridgehead atoms. The Morgan fingerprint density at radius 2 is 2.23 bits per heavy atom. The van der Waals surface area contributed by atoms with Crippen LogP contribution in [0.5, 0.6) is 0 Å². The second-order valence-electron chi connectivity index (χ2n) is 7.87. The van der Waals surface area contributed by atoms with Gasteiger partial charge in [-0.05, 0) is 55.4 Å². The van der Waals surface area contributed by atoms with E-state index in [9.17, 15) is 9.59 Å². The second kappa shape index (κ2) is 7.21. The average Bonchev–Trinajstić information content (AvgIpc) is 3.22. The zero-order valence-corrected chi connectivity index (χ0v) is 18.2. The first kappa shape index (κ1) is 19.3. The van der Waals surface area contributed by atoms with Crippen LogP contribution < -0.4 is 11.0 Å². The molecule has 0 fully saturated rings. The Hall–Kier alpha value is -2.71. The van der Waals surface area contributed by atoms with Crippen molar-refractivity contribution in [3.8, 4) is 0 Å². The van der Waals surface area contributed by atoms with Crippen molar-refractivity contribution in [2.45, 2.75) is 39.7 Å². The predicted octanol–water partition coefficient (Wildman–Crippen LogP) is 3.83. The summed E-state index contributed by atoms with van der Waals surface area (Å²) in [6, 6.07) is 5.31. The Morgan fingerprint density at radius 3 is 3.07 bits per heavy atom. The standard InChI is InChI=1S/C21H20ClN5O2S/c1-11-6-7-13-16(8-11)30-20-18(13)19-25-27(21(29)26(19)10-23-20)9-17(28)24-15-5-3-4-14(22)12(15)2/h3-5,10-11H,6-9H2,1-2H3,(H,24,28)/t11-/m0/s1. The van der Waals surface area contributed by atoms with Crippen molar-refractivity contribution in [2.75, 3.05) is 5.32 Å². The fourth-order valence-corrected chi connectivity index (χ4v) is 5.55. The number of carbonyl (C=O) groups is 1. The third-order valence-electron chi connectivity index (χ3n) is 5.71. The van der Waals surface area contributed by atoms with Crippen molar-refractivity contribution < 1.29 is 4.79 Å². The Labute approximate surface area is 181 Å². The first-order chi connectivity index (χ1) is 14.4. The molecule has 0 aliphatic heterocycles. The number of benzene rings is 1. The summed E-state index contributed by atoms with van der Waals surface area (Å²) in [5.74, 6) is 0.316. The normalized spacial score (nSPS) is 16.2. The summed E-state index contributed by atoms with van der Waals surface area (Å²) in [6.07, 6.45) is 4.63. The molecule has 1 amide bonds. The van der Waals surface area contributed by atoms with Crippen molar-refractivity contribution in [3.63, 3.8) is 0 Å². The number of carbonyl (C=O) groups excluding carboxylic acids is 1. The maximum atomic E-state index is 12.8. The van der Waals surface area contributed by atoms with Gasteiger partial charge in [0.2, 0.25) is 5.91 Å². The van der Waals surface area contributed by atoms with E-state index in [-0.39, 0.29) is 18.1 Å². The van der Waals surface area contributed by atoms with Crippen LogP contribution >= 0.6 is 22.9 Å². The Kier molecular flexibility index (Phi) is 4.63. The van der Waals surface area contributed by atoms with Crippen LogP contribution in [0, 0.1) is 12.8 Å². The minimum Gasteiger partial charge on any atom is -0.324 e. The quantitative estimate of drug-likeness (QED) is 0.523. The highest BCUT2D eigenvalue weighted by Gasteiger charge is 2.24. The van der Waals surface area contributed by atoms with Gasteiger partial charge in [0.1, 0.15) is 17.7 Å². The molecule has 0 unspecified atom stereocenters. The summed E-state index contributed by atoms with van der Waals surface area (Å²) in [4.78, 5) is 32.2. The molecule has 1 N–H and O–H groups in total. The Morgan fingerprint density at radius 1 is 1.40 bits per heavy atom. The summed E-state index contributed by atoms with van der Waals surface area (Å²) in [6.45, 7) is 3.91. The SMILES string of the molecule is Cc1c(Cl)cccc1NC(=O)Cn1nc2c3c4c(sc3ncn2c1=O)C[C@@H](C)CC4. The minimum atomic E-state index is -0.374. The molecule has 0 spiro atoms. The van der Waals surface area contributed by atoms with Gasteiger partial charge in [0.25, 0.3) is 0 Å². The van der Waals surface area contributed by atoms with Gasteiger partial charge in [-0.15, -0.1) is 16.4 Å². The molecule has 154 valence electrons. The highest BCUT2D eigenvalue weighted by atomic mass is 35.5. The van der Waals surface area contributed by atoms with E-state index in [1.807, 2.05) is 6.92 Å². The first-order valence-electron chi connectivity index (χ1n) is 9.85. The molecule has 9 heteroatoms. The smallest absolute Gasteiger partial charge is 0.324 e. The van der Waals surface area contributed by atoms with E-state index < -0.39 is 0 Å². The first-order valence-corrected chi connectivity index (χ1v) is 11.0. The van der Waals surface area contributed by atoms with Crippen molar-refractivity contribution in [3.05, 3.63) is 56.0 Å². The van der Waals surface area contributed by atoms with E-state index >= 15 is 0 Å². The average molecular weight is 442 g/mol. The lowest BCUT2D eigenvalue weighted by Crippen LogP contribution is -2.28. The molecule has 3 aromatic heterocycles. The van der Waals surface area contributed by atoms with E-state index in [0.29, 0.717) is 22.3 Å². The van der Waals surface area contributed by atoms with Crippen molar-refractivity contribution in [1.29, 1.82) is 0 Å². The van der Waals surface area contributed by atoms with Crippen molar-refractivity contribution in [2.24, 2.45) is 5.92 Å². The highest BCUT2D eigenvalue weighted by molar-refractivity contribution is 7.19. The number of aromatic nitrogens is 4. The highest BCUT2D eigenvalue weighted by Crippen LogP contribution is 2.38. The number of nitrogens with one attached hydrogen (secondary N) is 1. The van der Waals surface area contributed by atoms with E-state index in [1.54, 1.807) is 29.5 Å². The number of amides is 1. The van der Waals surface area contributed by atoms with E-state index in [0.717, 1.165) is 35.0 Å². The fourth-order valence-electron chi connectivity index (χ4n) is 4.03. The van der Waals surface area contributed by atoms with Crippen LogP contribution in [0.15, 0.2) is 29.3 Å². The number of nitrogens with zero attached hydrogens (tertiary/aromatic N) is 4. The predicted molar refractivity (Wildman–Crippen MR) is 119 cm³/mol. The lowest BCUT2D eigenvalue weighted by Gasteiger charge is -2.17. The Balaban J connectivity index is 1.52. The minimum absolute atomic E-state index is 0.183. The molecule has 4 aromatic rings.